The highest BCUT2D eigenvalue weighted by atomic mass is 32.2. The first-order chi connectivity index (χ1) is 8.67. The van der Waals surface area contributed by atoms with E-state index < -0.39 is 10.8 Å². The molecule has 0 aromatic carbocycles. The van der Waals surface area contributed by atoms with Gasteiger partial charge in [0.2, 0.25) is 0 Å². The van der Waals surface area contributed by atoms with Crippen LogP contribution >= 0.6 is 11.3 Å². The van der Waals surface area contributed by atoms with Gasteiger partial charge in [0.05, 0.1) is 17.0 Å². The van der Waals surface area contributed by atoms with E-state index in [1.165, 1.54) is 11.3 Å². The summed E-state index contributed by atoms with van der Waals surface area (Å²) in [6.45, 7) is 2.60. The molecule has 1 atom stereocenters. The minimum absolute atomic E-state index is 0.153. The molecule has 0 aliphatic rings. The summed E-state index contributed by atoms with van der Waals surface area (Å²) >= 11 is 1.41. The molecule has 0 aliphatic carbocycles. The normalized spacial score (nSPS) is 11.4. The summed E-state index contributed by atoms with van der Waals surface area (Å²) in [5.41, 5.74) is 5.86. The lowest BCUT2D eigenvalue weighted by molar-refractivity contribution is 0.0956. The molecular weight excluding hydrogens is 268 g/mol. The Kier molecular flexibility index (Phi) is 6.65. The molecule has 1 amide bonds. The van der Waals surface area contributed by atoms with E-state index in [2.05, 4.69) is 17.2 Å². The summed E-state index contributed by atoms with van der Waals surface area (Å²) in [6.07, 6.45) is 0. The van der Waals surface area contributed by atoms with Crippen LogP contribution in [0.3, 0.4) is 0 Å². The van der Waals surface area contributed by atoms with Crippen molar-refractivity contribution >= 4 is 28.0 Å². The predicted molar refractivity (Wildman–Crippen MR) is 76.1 cm³/mol. The van der Waals surface area contributed by atoms with Gasteiger partial charge in [-0.3, -0.25) is 9.00 Å². The standard InChI is InChI=1S/C12H16N2O2S2/c1-2-18(16)7-6-14-12(15)10-8-11(17-9-10)4-3-5-13/h8-9H,2,5-7,13H2,1H3,(H,14,15). The molecule has 0 aliphatic heterocycles. The van der Waals surface area contributed by atoms with Gasteiger partial charge in [0.15, 0.2) is 0 Å². The first-order valence-electron chi connectivity index (χ1n) is 5.58. The first-order valence-corrected chi connectivity index (χ1v) is 7.94. The number of carbonyl (C=O) groups excluding carboxylic acids is 1. The molecule has 6 heteroatoms. The van der Waals surface area contributed by atoms with Crippen LogP contribution in [0.5, 0.6) is 0 Å². The van der Waals surface area contributed by atoms with Gasteiger partial charge in [-0.25, -0.2) is 0 Å². The summed E-state index contributed by atoms with van der Waals surface area (Å²) < 4.78 is 11.2. The molecule has 3 N–H and O–H groups in total. The van der Waals surface area contributed by atoms with E-state index in [1.54, 1.807) is 11.4 Å². The first kappa shape index (κ1) is 14.9. The van der Waals surface area contributed by atoms with Crippen molar-refractivity contribution in [3.8, 4) is 11.8 Å². The van der Waals surface area contributed by atoms with E-state index >= 15 is 0 Å². The molecule has 0 saturated heterocycles. The third kappa shape index (κ3) is 5.00. The van der Waals surface area contributed by atoms with Gasteiger partial charge in [-0.2, -0.15) is 0 Å². The Hall–Kier alpha value is -1.16. The van der Waals surface area contributed by atoms with Gasteiger partial charge in [0.1, 0.15) is 0 Å². The fraction of sp³-hybridized carbons (Fsp3) is 0.417. The molecule has 1 aromatic heterocycles. The van der Waals surface area contributed by atoms with Crippen molar-refractivity contribution < 1.29 is 9.00 Å². The largest absolute Gasteiger partial charge is 0.351 e. The summed E-state index contributed by atoms with van der Waals surface area (Å²) in [7, 11) is -0.847. The third-order valence-electron chi connectivity index (χ3n) is 2.11. The van der Waals surface area contributed by atoms with Crippen LogP contribution in [0.4, 0.5) is 0 Å². The molecule has 0 radical (unpaired) electrons. The number of hydrogen-bond acceptors (Lipinski definition) is 4. The fourth-order valence-corrected chi connectivity index (χ4v) is 2.56. The van der Waals surface area contributed by atoms with Crippen molar-refractivity contribution in [3.05, 3.63) is 21.9 Å². The number of hydrogen-bond donors (Lipinski definition) is 2. The highest BCUT2D eigenvalue weighted by Gasteiger charge is 2.07. The molecule has 0 fully saturated rings. The number of amides is 1. The number of nitrogens with two attached hydrogens (primary N) is 1. The minimum Gasteiger partial charge on any atom is -0.351 e. The van der Waals surface area contributed by atoms with Crippen molar-refractivity contribution in [1.29, 1.82) is 0 Å². The highest BCUT2D eigenvalue weighted by molar-refractivity contribution is 7.84. The summed E-state index contributed by atoms with van der Waals surface area (Å²) in [4.78, 5) is 12.5. The molecule has 0 spiro atoms. The van der Waals surface area contributed by atoms with Crippen LogP contribution < -0.4 is 11.1 Å². The maximum Gasteiger partial charge on any atom is 0.252 e. The highest BCUT2D eigenvalue weighted by Crippen LogP contribution is 2.13. The summed E-state index contributed by atoms with van der Waals surface area (Å²) in [6, 6.07) is 1.74. The number of carbonyl (C=O) groups is 1. The van der Waals surface area contributed by atoms with Crippen LogP contribution in [0.2, 0.25) is 0 Å². The Balaban J connectivity index is 2.47. The van der Waals surface area contributed by atoms with Crippen molar-refractivity contribution in [2.24, 2.45) is 5.73 Å². The Bertz CT molecular complexity index is 486. The monoisotopic (exact) mass is 284 g/mol. The van der Waals surface area contributed by atoms with Gasteiger partial charge in [0.25, 0.3) is 5.91 Å². The summed E-state index contributed by atoms with van der Waals surface area (Å²) in [5, 5.41) is 4.49. The molecule has 1 unspecified atom stereocenters. The molecule has 1 heterocycles. The summed E-state index contributed by atoms with van der Waals surface area (Å²) in [5.74, 6) is 6.57. The van der Waals surface area contributed by atoms with E-state index in [-0.39, 0.29) is 5.91 Å². The van der Waals surface area contributed by atoms with Crippen molar-refractivity contribution in [3.63, 3.8) is 0 Å². The average molecular weight is 284 g/mol. The smallest absolute Gasteiger partial charge is 0.252 e. The second-order valence-corrected chi connectivity index (χ2v) is 6.17. The van der Waals surface area contributed by atoms with Gasteiger partial charge in [0, 0.05) is 34.2 Å². The third-order valence-corrected chi connectivity index (χ3v) is 4.26. The lowest BCUT2D eigenvalue weighted by Gasteiger charge is -2.02. The Morgan fingerprint density at radius 3 is 3.06 bits per heavy atom. The van der Waals surface area contributed by atoms with E-state index in [1.807, 2.05) is 6.92 Å². The molecular formula is C12H16N2O2S2. The Morgan fingerprint density at radius 1 is 1.61 bits per heavy atom. The maximum absolute atomic E-state index is 11.7. The lowest BCUT2D eigenvalue weighted by Crippen LogP contribution is -2.27. The number of rotatable bonds is 5. The minimum atomic E-state index is -0.847. The molecule has 1 aromatic rings. The van der Waals surface area contributed by atoms with Crippen molar-refractivity contribution in [2.45, 2.75) is 6.92 Å². The van der Waals surface area contributed by atoms with Crippen LogP contribution in [-0.4, -0.2) is 34.7 Å². The molecule has 1 rings (SSSR count). The quantitative estimate of drug-likeness (QED) is 0.776. The Labute approximate surface area is 113 Å². The lowest BCUT2D eigenvalue weighted by atomic mass is 10.3. The zero-order chi connectivity index (χ0) is 13.4. The predicted octanol–water partition coefficient (Wildman–Crippen LogP) is 0.557. The SMILES string of the molecule is CCS(=O)CCNC(=O)c1csc(C#CCN)c1. The number of thiophene rings is 1. The van der Waals surface area contributed by atoms with E-state index in [0.29, 0.717) is 30.2 Å². The maximum atomic E-state index is 11.7. The van der Waals surface area contributed by atoms with E-state index in [9.17, 15) is 9.00 Å². The van der Waals surface area contributed by atoms with E-state index in [0.717, 1.165) is 4.88 Å². The van der Waals surface area contributed by atoms with Gasteiger partial charge in [-0.15, -0.1) is 11.3 Å². The molecule has 98 valence electrons. The zero-order valence-electron chi connectivity index (χ0n) is 10.2. The van der Waals surface area contributed by atoms with Gasteiger partial charge >= 0.3 is 0 Å². The molecule has 0 bridgehead atoms. The van der Waals surface area contributed by atoms with Crippen LogP contribution in [0.25, 0.3) is 0 Å². The van der Waals surface area contributed by atoms with E-state index in [4.69, 9.17) is 5.73 Å². The molecule has 0 saturated carbocycles. The Morgan fingerprint density at radius 2 is 2.39 bits per heavy atom. The van der Waals surface area contributed by atoms with Gasteiger partial charge < -0.3 is 11.1 Å². The van der Waals surface area contributed by atoms with Crippen molar-refractivity contribution in [1.82, 2.24) is 5.32 Å². The van der Waals surface area contributed by atoms with Crippen LogP contribution in [0.1, 0.15) is 22.2 Å². The molecule has 4 nitrogen and oxygen atoms in total. The van der Waals surface area contributed by atoms with Crippen LogP contribution in [0, 0.1) is 11.8 Å². The topological polar surface area (TPSA) is 72.2 Å². The second kappa shape index (κ2) is 8.03. The number of nitrogens with one attached hydrogen (secondary N) is 1. The van der Waals surface area contributed by atoms with Gasteiger partial charge in [-0.05, 0) is 6.07 Å². The van der Waals surface area contributed by atoms with Gasteiger partial charge in [-0.1, -0.05) is 18.8 Å². The van der Waals surface area contributed by atoms with Crippen molar-refractivity contribution in [2.75, 3.05) is 24.6 Å². The average Bonchev–Trinajstić information content (AvgIpc) is 2.84. The van der Waals surface area contributed by atoms with Crippen LogP contribution in [0.15, 0.2) is 11.4 Å². The molecule has 18 heavy (non-hydrogen) atoms. The fourth-order valence-electron chi connectivity index (χ4n) is 1.18. The zero-order valence-corrected chi connectivity index (χ0v) is 11.8. The second-order valence-electron chi connectivity index (χ2n) is 3.39. The van der Waals surface area contributed by atoms with Crippen LogP contribution in [-0.2, 0) is 10.8 Å².